The van der Waals surface area contributed by atoms with Crippen LogP contribution in [0.1, 0.15) is 49.8 Å². The molecule has 0 spiro atoms. The Hall–Kier alpha value is -2.58. The lowest BCUT2D eigenvalue weighted by atomic mass is 10.1. The van der Waals surface area contributed by atoms with Gasteiger partial charge in [0, 0.05) is 31.1 Å². The molecule has 1 N–H and O–H groups in total. The van der Waals surface area contributed by atoms with Crippen molar-refractivity contribution in [2.24, 2.45) is 0 Å². The first-order valence-corrected chi connectivity index (χ1v) is 14.0. The number of hydrogen-bond donors (Lipinski definition) is 1. The normalized spacial score (nSPS) is 12.2. The van der Waals surface area contributed by atoms with Gasteiger partial charge in [-0.15, -0.1) is 0 Å². The summed E-state index contributed by atoms with van der Waals surface area (Å²) in [7, 11) is -3.54. The topological polar surface area (TPSA) is 86.8 Å². The van der Waals surface area contributed by atoms with Crippen molar-refractivity contribution in [3.8, 4) is 0 Å². The summed E-state index contributed by atoms with van der Waals surface area (Å²) < 4.78 is 26.4. The lowest BCUT2D eigenvalue weighted by Crippen LogP contribution is -2.48. The molecule has 1 atom stereocenters. The molecule has 0 radical (unpaired) electrons. The molecular weight excluding hydrogens is 486 g/mol. The van der Waals surface area contributed by atoms with Crippen molar-refractivity contribution in [1.82, 2.24) is 10.2 Å². The highest BCUT2D eigenvalue weighted by Gasteiger charge is 2.27. The van der Waals surface area contributed by atoms with Crippen LogP contribution in [0.25, 0.3) is 0 Å². The van der Waals surface area contributed by atoms with Crippen LogP contribution < -0.4 is 9.62 Å². The molecule has 192 valence electrons. The summed E-state index contributed by atoms with van der Waals surface area (Å²) in [5.74, 6) is -0.473. The van der Waals surface area contributed by atoms with Crippen LogP contribution in [-0.4, -0.2) is 50.5 Å². The van der Waals surface area contributed by atoms with Crippen LogP contribution >= 0.6 is 11.6 Å². The Kier molecular flexibility index (Phi) is 10.6. The third-order valence-corrected chi connectivity index (χ3v) is 7.35. The van der Waals surface area contributed by atoms with E-state index in [1.54, 1.807) is 13.0 Å². The molecule has 35 heavy (non-hydrogen) atoms. The minimum atomic E-state index is -3.54. The molecule has 0 bridgehead atoms. The maximum Gasteiger partial charge on any atom is 0.242 e. The highest BCUT2D eigenvalue weighted by atomic mass is 35.5. The summed E-state index contributed by atoms with van der Waals surface area (Å²) in [6, 6.07) is 12.2. The first-order chi connectivity index (χ1) is 16.5. The molecule has 2 aromatic carbocycles. The fraction of sp³-hybridized carbons (Fsp3) is 0.462. The van der Waals surface area contributed by atoms with Gasteiger partial charge in [0.05, 0.1) is 11.9 Å². The van der Waals surface area contributed by atoms with Crippen molar-refractivity contribution in [3.63, 3.8) is 0 Å². The molecule has 0 heterocycles. The average Bonchev–Trinajstić information content (AvgIpc) is 2.80. The van der Waals surface area contributed by atoms with E-state index < -0.39 is 16.1 Å². The van der Waals surface area contributed by atoms with Gasteiger partial charge in [-0.05, 0) is 62.4 Å². The number of halogens is 1. The summed E-state index contributed by atoms with van der Waals surface area (Å²) in [6.07, 6.45) is 2.35. The highest BCUT2D eigenvalue weighted by molar-refractivity contribution is 7.92. The maximum absolute atomic E-state index is 13.3. The molecule has 0 saturated carbocycles. The van der Waals surface area contributed by atoms with Crippen molar-refractivity contribution in [3.05, 3.63) is 64.2 Å². The number of benzene rings is 2. The fourth-order valence-corrected chi connectivity index (χ4v) is 4.97. The van der Waals surface area contributed by atoms with E-state index in [9.17, 15) is 18.0 Å². The van der Waals surface area contributed by atoms with Gasteiger partial charge in [-0.25, -0.2) is 8.42 Å². The molecule has 0 aliphatic heterocycles. The molecule has 0 aromatic heterocycles. The average molecular weight is 522 g/mol. The van der Waals surface area contributed by atoms with Gasteiger partial charge in [-0.3, -0.25) is 13.9 Å². The number of hydrogen-bond acceptors (Lipinski definition) is 4. The number of sulfonamides is 1. The Morgan fingerprint density at radius 3 is 2.43 bits per heavy atom. The Morgan fingerprint density at radius 1 is 1.11 bits per heavy atom. The predicted octanol–water partition coefficient (Wildman–Crippen LogP) is 4.45. The third-order valence-electron chi connectivity index (χ3n) is 5.80. The summed E-state index contributed by atoms with van der Waals surface area (Å²) >= 11 is 6.32. The summed E-state index contributed by atoms with van der Waals surface area (Å²) in [5.41, 5.74) is 3.15. The first-order valence-electron chi connectivity index (χ1n) is 11.8. The molecule has 7 nitrogen and oxygen atoms in total. The van der Waals surface area contributed by atoms with Crippen LogP contribution in [0.2, 0.25) is 5.02 Å². The third kappa shape index (κ3) is 8.25. The van der Waals surface area contributed by atoms with E-state index in [2.05, 4.69) is 5.32 Å². The second kappa shape index (κ2) is 12.9. The molecule has 2 rings (SSSR count). The largest absolute Gasteiger partial charge is 0.354 e. The van der Waals surface area contributed by atoms with Crippen LogP contribution in [0.4, 0.5) is 5.69 Å². The van der Waals surface area contributed by atoms with Gasteiger partial charge in [0.25, 0.3) is 0 Å². The summed E-state index contributed by atoms with van der Waals surface area (Å²) in [6.45, 7) is 8.29. The number of amides is 2. The predicted molar refractivity (Wildman–Crippen MR) is 142 cm³/mol. The first kappa shape index (κ1) is 28.7. The van der Waals surface area contributed by atoms with E-state index >= 15 is 0 Å². The van der Waals surface area contributed by atoms with E-state index in [-0.39, 0.29) is 31.3 Å². The zero-order chi connectivity index (χ0) is 26.2. The fourth-order valence-electron chi connectivity index (χ4n) is 3.76. The molecule has 0 saturated heterocycles. The molecule has 9 heteroatoms. The van der Waals surface area contributed by atoms with E-state index in [0.29, 0.717) is 23.7 Å². The molecule has 2 amide bonds. The second-order valence-electron chi connectivity index (χ2n) is 8.81. The number of rotatable bonds is 12. The Balaban J connectivity index is 2.20. The zero-order valence-corrected chi connectivity index (χ0v) is 22.7. The van der Waals surface area contributed by atoms with Crippen LogP contribution in [0.15, 0.2) is 42.5 Å². The van der Waals surface area contributed by atoms with Crippen molar-refractivity contribution in [2.75, 3.05) is 23.7 Å². The van der Waals surface area contributed by atoms with Crippen LogP contribution in [-0.2, 0) is 26.2 Å². The van der Waals surface area contributed by atoms with E-state index in [4.69, 9.17) is 11.6 Å². The van der Waals surface area contributed by atoms with Gasteiger partial charge in [0.15, 0.2) is 0 Å². The van der Waals surface area contributed by atoms with Crippen LogP contribution in [0, 0.1) is 13.8 Å². The van der Waals surface area contributed by atoms with E-state index in [0.717, 1.165) is 23.1 Å². The number of aryl methyl sites for hydroxylation is 2. The van der Waals surface area contributed by atoms with Crippen molar-refractivity contribution >= 4 is 39.1 Å². The molecule has 0 aliphatic carbocycles. The van der Waals surface area contributed by atoms with Crippen molar-refractivity contribution in [1.29, 1.82) is 0 Å². The second-order valence-corrected chi connectivity index (χ2v) is 11.1. The van der Waals surface area contributed by atoms with Crippen LogP contribution in [0.3, 0.4) is 0 Å². The van der Waals surface area contributed by atoms with E-state index in [1.807, 2.05) is 57.2 Å². The maximum atomic E-state index is 13.3. The number of anilines is 1. The summed E-state index contributed by atoms with van der Waals surface area (Å²) in [5, 5.41) is 3.36. The quantitative estimate of drug-likeness (QED) is 0.447. The van der Waals surface area contributed by atoms with Gasteiger partial charge in [-0.1, -0.05) is 48.9 Å². The Morgan fingerprint density at radius 2 is 1.80 bits per heavy atom. The molecule has 0 fully saturated rings. The molecule has 1 unspecified atom stereocenters. The minimum Gasteiger partial charge on any atom is -0.354 e. The lowest BCUT2D eigenvalue weighted by Gasteiger charge is -2.30. The van der Waals surface area contributed by atoms with Crippen LogP contribution in [0.5, 0.6) is 0 Å². The summed E-state index contributed by atoms with van der Waals surface area (Å²) in [4.78, 5) is 27.5. The minimum absolute atomic E-state index is 0.0900. The van der Waals surface area contributed by atoms with Gasteiger partial charge in [-0.2, -0.15) is 0 Å². The highest BCUT2D eigenvalue weighted by Crippen LogP contribution is 2.25. The number of nitrogens with one attached hydrogen (secondary N) is 1. The van der Waals surface area contributed by atoms with Crippen molar-refractivity contribution in [2.45, 2.75) is 59.5 Å². The standard InChI is InChI=1S/C26H36ClN3O4S/c1-6-15-28-26(32)21(4)29(18-22-10-7-8-11-23(22)27)25(31)12-9-16-30(35(5,33)34)24-17-19(2)13-14-20(24)3/h7-8,10-11,13-14,17,21H,6,9,12,15-16,18H2,1-5H3,(H,28,32). The number of carbonyl (C=O) groups excluding carboxylic acids is 2. The molecule has 0 aliphatic rings. The van der Waals surface area contributed by atoms with Gasteiger partial charge in [0.1, 0.15) is 6.04 Å². The molecular formula is C26H36ClN3O4S. The SMILES string of the molecule is CCCNC(=O)C(C)N(Cc1ccccc1Cl)C(=O)CCCN(c1cc(C)ccc1C)S(C)(=O)=O. The number of nitrogens with zero attached hydrogens (tertiary/aromatic N) is 2. The van der Waals surface area contributed by atoms with Crippen molar-refractivity contribution < 1.29 is 18.0 Å². The monoisotopic (exact) mass is 521 g/mol. The van der Waals surface area contributed by atoms with Gasteiger partial charge in [0.2, 0.25) is 21.8 Å². The number of carbonyl (C=O) groups is 2. The van der Waals surface area contributed by atoms with Gasteiger partial charge >= 0.3 is 0 Å². The smallest absolute Gasteiger partial charge is 0.242 e. The molecule has 2 aromatic rings. The lowest BCUT2D eigenvalue weighted by molar-refractivity contribution is -0.140. The Labute approximate surface area is 214 Å². The van der Waals surface area contributed by atoms with E-state index in [1.165, 1.54) is 15.5 Å². The zero-order valence-electron chi connectivity index (χ0n) is 21.2. The Bertz CT molecular complexity index is 1140. The van der Waals surface area contributed by atoms with Gasteiger partial charge < -0.3 is 10.2 Å².